The van der Waals surface area contributed by atoms with Crippen molar-refractivity contribution in [2.24, 2.45) is 7.05 Å². The van der Waals surface area contributed by atoms with Crippen molar-refractivity contribution in [3.05, 3.63) is 11.5 Å². The lowest BCUT2D eigenvalue weighted by molar-refractivity contribution is 0.0934. The molecule has 0 atom stereocenters. The number of rotatable bonds is 3. The van der Waals surface area contributed by atoms with Gasteiger partial charge in [0.2, 0.25) is 5.03 Å². The Labute approximate surface area is 128 Å². The molecule has 1 aliphatic rings. The molecule has 0 aliphatic carbocycles. The van der Waals surface area contributed by atoms with Crippen molar-refractivity contribution in [3.8, 4) is 0 Å². The first kappa shape index (κ1) is 16.1. The largest absolute Gasteiger partial charge is 0.450 e. The van der Waals surface area contributed by atoms with Crippen LogP contribution in [0, 0.1) is 0 Å². The molecule has 1 aliphatic heterocycles. The minimum absolute atomic E-state index is 0.0721. The predicted octanol–water partition coefficient (Wildman–Crippen LogP) is 0.536. The molecule has 1 saturated heterocycles. The van der Waals surface area contributed by atoms with E-state index in [1.165, 1.54) is 20.1 Å². The molecule has 1 fully saturated rings. The van der Waals surface area contributed by atoms with E-state index in [9.17, 15) is 13.2 Å². The normalized spacial score (nSPS) is 17.0. The molecule has 0 radical (unpaired) electrons. The van der Waals surface area contributed by atoms with Crippen molar-refractivity contribution < 1.29 is 17.9 Å². The Kier molecular flexibility index (Phi) is 4.74. The van der Waals surface area contributed by atoms with Crippen LogP contribution in [0.4, 0.5) is 4.79 Å². The first-order valence-electron chi connectivity index (χ1n) is 6.46. The summed E-state index contributed by atoms with van der Waals surface area (Å²) in [5, 5.41) is -0.0842. The highest BCUT2D eigenvalue weighted by atomic mass is 35.5. The molecule has 1 aromatic rings. The molecule has 8 nitrogen and oxygen atoms in total. The van der Waals surface area contributed by atoms with Gasteiger partial charge in [-0.05, 0) is 6.92 Å². The molecule has 21 heavy (non-hydrogen) atoms. The Hall–Kier alpha value is -1.32. The van der Waals surface area contributed by atoms with Gasteiger partial charge in [0.05, 0.1) is 12.9 Å². The van der Waals surface area contributed by atoms with Gasteiger partial charge in [0.15, 0.2) is 0 Å². The summed E-state index contributed by atoms with van der Waals surface area (Å²) < 4.78 is 32.5. The molecule has 1 amide bonds. The maximum atomic E-state index is 12.5. The number of aryl methyl sites for hydroxylation is 1. The number of nitrogens with zero attached hydrogens (tertiary/aromatic N) is 4. The van der Waals surface area contributed by atoms with Crippen LogP contribution >= 0.6 is 11.6 Å². The van der Waals surface area contributed by atoms with Crippen molar-refractivity contribution in [3.63, 3.8) is 0 Å². The molecule has 10 heteroatoms. The Bertz CT molecular complexity index is 622. The number of aromatic nitrogens is 2. The van der Waals surface area contributed by atoms with Crippen molar-refractivity contribution in [2.75, 3.05) is 32.8 Å². The molecule has 0 unspecified atom stereocenters. The number of sulfonamides is 1. The maximum Gasteiger partial charge on any atom is 0.409 e. The number of hydrogen-bond acceptors (Lipinski definition) is 5. The van der Waals surface area contributed by atoms with Crippen LogP contribution < -0.4 is 0 Å². The van der Waals surface area contributed by atoms with Crippen LogP contribution in [0.3, 0.4) is 0 Å². The van der Waals surface area contributed by atoms with Gasteiger partial charge in [-0.2, -0.15) is 4.31 Å². The minimum Gasteiger partial charge on any atom is -0.450 e. The van der Waals surface area contributed by atoms with Crippen LogP contribution in [-0.2, 0) is 21.8 Å². The number of imidazole rings is 1. The topological polar surface area (TPSA) is 84.7 Å². The fraction of sp³-hybridized carbons (Fsp3) is 0.636. The summed E-state index contributed by atoms with van der Waals surface area (Å²) in [7, 11) is -2.12. The van der Waals surface area contributed by atoms with E-state index in [4.69, 9.17) is 16.3 Å². The SMILES string of the molecule is CCOC(=O)N1CCN(S(=O)(=O)c2ncn(C)c2Cl)CC1. The van der Waals surface area contributed by atoms with Crippen LogP contribution in [-0.4, -0.2) is 66.1 Å². The summed E-state index contributed by atoms with van der Waals surface area (Å²) in [6.45, 7) is 2.95. The van der Waals surface area contributed by atoms with Crippen LogP contribution in [0.2, 0.25) is 5.15 Å². The predicted molar refractivity (Wildman–Crippen MR) is 75.6 cm³/mol. The van der Waals surface area contributed by atoms with Gasteiger partial charge in [0.25, 0.3) is 10.0 Å². The number of carbonyl (C=O) groups is 1. The highest BCUT2D eigenvalue weighted by Crippen LogP contribution is 2.23. The fourth-order valence-corrected chi connectivity index (χ4v) is 3.83. The van der Waals surface area contributed by atoms with E-state index in [0.29, 0.717) is 6.61 Å². The van der Waals surface area contributed by atoms with Gasteiger partial charge >= 0.3 is 6.09 Å². The Morgan fingerprint density at radius 3 is 2.48 bits per heavy atom. The van der Waals surface area contributed by atoms with Crippen LogP contribution in [0.1, 0.15) is 6.92 Å². The van der Waals surface area contributed by atoms with E-state index < -0.39 is 16.1 Å². The Morgan fingerprint density at radius 1 is 1.38 bits per heavy atom. The van der Waals surface area contributed by atoms with Crippen molar-refractivity contribution in [1.29, 1.82) is 0 Å². The van der Waals surface area contributed by atoms with E-state index in [2.05, 4.69) is 4.98 Å². The molecule has 1 aromatic heterocycles. The summed E-state index contributed by atoms with van der Waals surface area (Å²) in [5.41, 5.74) is 0. The lowest BCUT2D eigenvalue weighted by Gasteiger charge is -2.32. The molecule has 0 bridgehead atoms. The molecule has 0 saturated carbocycles. The average molecular weight is 337 g/mol. The third-order valence-electron chi connectivity index (χ3n) is 3.18. The van der Waals surface area contributed by atoms with Crippen molar-refractivity contribution in [2.45, 2.75) is 11.9 Å². The van der Waals surface area contributed by atoms with Gasteiger partial charge < -0.3 is 14.2 Å². The molecule has 118 valence electrons. The molecule has 2 rings (SSSR count). The third kappa shape index (κ3) is 3.14. The number of halogens is 1. The molecule has 0 aromatic carbocycles. The quantitative estimate of drug-likeness (QED) is 0.804. The van der Waals surface area contributed by atoms with E-state index in [-0.39, 0.29) is 36.4 Å². The standard InChI is InChI=1S/C11H17ClN4O4S/c1-3-20-11(17)15-4-6-16(7-5-15)21(18,19)10-9(12)14(2)8-13-10/h8H,3-7H2,1-2H3. The number of ether oxygens (including phenoxy) is 1. The number of amides is 1. The molecule has 0 N–H and O–H groups in total. The molecule has 2 heterocycles. The smallest absolute Gasteiger partial charge is 0.409 e. The third-order valence-corrected chi connectivity index (χ3v) is 5.57. The van der Waals surface area contributed by atoms with Gasteiger partial charge in [-0.1, -0.05) is 11.6 Å². The summed E-state index contributed by atoms with van der Waals surface area (Å²) in [6, 6.07) is 0. The monoisotopic (exact) mass is 336 g/mol. The van der Waals surface area contributed by atoms with Crippen LogP contribution in [0.5, 0.6) is 0 Å². The van der Waals surface area contributed by atoms with Gasteiger partial charge in [-0.15, -0.1) is 0 Å². The Morgan fingerprint density at radius 2 is 2.00 bits per heavy atom. The van der Waals surface area contributed by atoms with E-state index in [1.54, 1.807) is 14.0 Å². The lowest BCUT2D eigenvalue weighted by Crippen LogP contribution is -2.50. The zero-order valence-corrected chi connectivity index (χ0v) is 13.4. The second-order valence-corrected chi connectivity index (χ2v) is 6.75. The van der Waals surface area contributed by atoms with Crippen LogP contribution in [0.25, 0.3) is 0 Å². The van der Waals surface area contributed by atoms with Gasteiger partial charge in [0, 0.05) is 33.2 Å². The first-order chi connectivity index (χ1) is 9.87. The first-order valence-corrected chi connectivity index (χ1v) is 8.28. The number of hydrogen-bond donors (Lipinski definition) is 0. The number of carbonyl (C=O) groups excluding carboxylic acids is 1. The average Bonchev–Trinajstić information content (AvgIpc) is 2.80. The van der Waals surface area contributed by atoms with Crippen LogP contribution in [0.15, 0.2) is 11.4 Å². The zero-order chi connectivity index (χ0) is 15.6. The van der Waals surface area contributed by atoms with E-state index >= 15 is 0 Å². The van der Waals surface area contributed by atoms with E-state index in [1.807, 2.05) is 0 Å². The summed E-state index contributed by atoms with van der Waals surface area (Å²) in [5.74, 6) is 0. The van der Waals surface area contributed by atoms with Gasteiger partial charge in [-0.25, -0.2) is 18.2 Å². The second-order valence-electron chi connectivity index (χ2n) is 4.54. The second kappa shape index (κ2) is 6.20. The highest BCUT2D eigenvalue weighted by molar-refractivity contribution is 7.89. The molecular formula is C11H17ClN4O4S. The van der Waals surface area contributed by atoms with Gasteiger partial charge in [0.1, 0.15) is 5.15 Å². The van der Waals surface area contributed by atoms with Crippen molar-refractivity contribution in [1.82, 2.24) is 18.8 Å². The minimum atomic E-state index is -3.74. The van der Waals surface area contributed by atoms with E-state index in [0.717, 1.165) is 0 Å². The van der Waals surface area contributed by atoms with Gasteiger partial charge in [-0.3, -0.25) is 0 Å². The molecule has 0 spiro atoms. The lowest BCUT2D eigenvalue weighted by atomic mass is 10.4. The summed E-state index contributed by atoms with van der Waals surface area (Å²) >= 11 is 5.94. The molecular weight excluding hydrogens is 320 g/mol. The summed E-state index contributed by atoms with van der Waals surface area (Å²) in [6.07, 6.45) is 0.926. The highest BCUT2D eigenvalue weighted by Gasteiger charge is 2.33. The Balaban J connectivity index is 2.08. The number of piperazine rings is 1. The maximum absolute atomic E-state index is 12.5. The van der Waals surface area contributed by atoms with Crippen molar-refractivity contribution >= 4 is 27.7 Å². The summed E-state index contributed by atoms with van der Waals surface area (Å²) in [4.78, 5) is 16.9. The fourth-order valence-electron chi connectivity index (χ4n) is 2.01. The zero-order valence-electron chi connectivity index (χ0n) is 11.8.